The Balaban J connectivity index is 3.37. The molecule has 0 saturated carbocycles. The highest BCUT2D eigenvalue weighted by Crippen LogP contribution is 2.20. The van der Waals surface area contributed by atoms with Crippen molar-refractivity contribution in [3.63, 3.8) is 0 Å². The van der Waals surface area contributed by atoms with Crippen LogP contribution in [0.1, 0.15) is 450 Å². The monoisotopic (exact) mass is 1240 g/mol. The molecule has 0 aromatic carbocycles. The van der Waals surface area contributed by atoms with Gasteiger partial charge < -0.3 is 20.3 Å². The molecule has 88 heavy (non-hydrogen) atoms. The summed E-state index contributed by atoms with van der Waals surface area (Å²) in [5.41, 5.74) is 0. The van der Waals surface area contributed by atoms with Crippen LogP contribution in [0.25, 0.3) is 0 Å². The smallest absolute Gasteiger partial charge is 0.305 e. The molecule has 0 spiro atoms. The highest BCUT2D eigenvalue weighted by molar-refractivity contribution is 5.76. The lowest BCUT2D eigenvalue weighted by molar-refractivity contribution is -0.143. The van der Waals surface area contributed by atoms with Crippen LogP contribution in [-0.2, 0) is 14.3 Å². The van der Waals surface area contributed by atoms with Crippen molar-refractivity contribution >= 4 is 11.9 Å². The Morgan fingerprint density at radius 3 is 0.886 bits per heavy atom. The third-order valence-corrected chi connectivity index (χ3v) is 18.9. The SMILES string of the molecule is CCCCCC/C=C\C/C=C\CCCCCCCC(=O)OCCCCCCCCCCCCCC/C=C\CCCCCCCCCCCCCCCCCC(=O)NC(CO)C(O)CCCCCCCCCCCCCCCCCCCCCCCCCC. The van der Waals surface area contributed by atoms with Crippen LogP contribution in [0, 0.1) is 0 Å². The standard InChI is InChI=1S/C82H157NO5/c1-3-5-7-9-11-13-15-17-19-21-22-23-24-34-37-40-43-46-50-54-58-62-66-70-74-80(85)79(78-84)83-81(86)75-71-67-63-59-55-51-47-44-41-38-35-32-30-28-26-25-27-29-31-33-36-39-42-45-49-53-57-61-65-69-73-77-88-82(87)76-72-68-64-60-56-52-48-20-18-16-14-12-10-8-6-4-2/h14,16,20,27,29,48,79-80,84-85H,3-13,15,17-19,21-26,28,30-47,49-78H2,1-2H3,(H,83,86)/b16-14-,29-27-,48-20-. The molecule has 520 valence electrons. The van der Waals surface area contributed by atoms with Gasteiger partial charge in [0.05, 0.1) is 25.4 Å². The number of hydrogen-bond donors (Lipinski definition) is 3. The summed E-state index contributed by atoms with van der Waals surface area (Å²) >= 11 is 0. The van der Waals surface area contributed by atoms with Crippen LogP contribution < -0.4 is 5.32 Å². The first-order valence-corrected chi connectivity index (χ1v) is 40.2. The Morgan fingerprint density at radius 2 is 0.568 bits per heavy atom. The summed E-state index contributed by atoms with van der Waals surface area (Å²) in [6.07, 6.45) is 101. The number of nitrogens with one attached hydrogen (secondary N) is 1. The first-order chi connectivity index (χ1) is 43.5. The largest absolute Gasteiger partial charge is 0.466 e. The van der Waals surface area contributed by atoms with Crippen LogP contribution >= 0.6 is 0 Å². The zero-order valence-corrected chi connectivity index (χ0v) is 59.7. The van der Waals surface area contributed by atoms with Crippen molar-refractivity contribution in [1.29, 1.82) is 0 Å². The van der Waals surface area contributed by atoms with Crippen molar-refractivity contribution in [2.45, 2.75) is 463 Å². The molecule has 0 saturated heterocycles. The predicted molar refractivity (Wildman–Crippen MR) is 389 cm³/mol. The summed E-state index contributed by atoms with van der Waals surface area (Å²) in [6.45, 7) is 4.98. The number of allylic oxidation sites excluding steroid dienone is 6. The van der Waals surface area contributed by atoms with Gasteiger partial charge in [-0.25, -0.2) is 0 Å². The Morgan fingerprint density at radius 1 is 0.318 bits per heavy atom. The van der Waals surface area contributed by atoms with Crippen LogP contribution in [0.3, 0.4) is 0 Å². The van der Waals surface area contributed by atoms with E-state index in [1.54, 1.807) is 0 Å². The predicted octanol–water partition coefficient (Wildman–Crippen LogP) is 26.6. The average Bonchev–Trinajstić information content (AvgIpc) is 3.57. The number of aliphatic hydroxyl groups excluding tert-OH is 2. The number of aliphatic hydroxyl groups is 2. The van der Waals surface area contributed by atoms with E-state index in [2.05, 4.69) is 55.6 Å². The second-order valence-corrected chi connectivity index (χ2v) is 27.7. The molecule has 0 radical (unpaired) electrons. The lowest BCUT2D eigenvalue weighted by atomic mass is 10.0. The maximum Gasteiger partial charge on any atom is 0.305 e. The van der Waals surface area contributed by atoms with Gasteiger partial charge in [-0.15, -0.1) is 0 Å². The van der Waals surface area contributed by atoms with Gasteiger partial charge in [0.2, 0.25) is 5.91 Å². The molecule has 6 nitrogen and oxygen atoms in total. The van der Waals surface area contributed by atoms with Crippen LogP contribution in [0.15, 0.2) is 36.5 Å². The van der Waals surface area contributed by atoms with E-state index in [0.29, 0.717) is 25.9 Å². The normalized spacial score (nSPS) is 12.6. The summed E-state index contributed by atoms with van der Waals surface area (Å²) in [6, 6.07) is -0.542. The molecule has 0 aromatic heterocycles. The molecular weight excluding hydrogens is 1080 g/mol. The maximum atomic E-state index is 12.6. The summed E-state index contributed by atoms with van der Waals surface area (Å²) in [5.74, 6) is -0.0225. The van der Waals surface area contributed by atoms with Crippen molar-refractivity contribution < 1.29 is 24.5 Å². The molecule has 2 unspecified atom stereocenters. The van der Waals surface area contributed by atoms with Crippen molar-refractivity contribution in [2.75, 3.05) is 13.2 Å². The molecule has 0 fully saturated rings. The highest BCUT2D eigenvalue weighted by Gasteiger charge is 2.20. The van der Waals surface area contributed by atoms with E-state index in [1.807, 2.05) is 0 Å². The number of ether oxygens (including phenoxy) is 1. The van der Waals surface area contributed by atoms with Gasteiger partial charge >= 0.3 is 5.97 Å². The molecule has 0 aliphatic carbocycles. The van der Waals surface area contributed by atoms with Gasteiger partial charge in [-0.3, -0.25) is 9.59 Å². The Labute approximate surface area is 551 Å². The van der Waals surface area contributed by atoms with Crippen LogP contribution in [-0.4, -0.2) is 47.4 Å². The van der Waals surface area contributed by atoms with Crippen molar-refractivity contribution in [2.24, 2.45) is 0 Å². The lowest BCUT2D eigenvalue weighted by Crippen LogP contribution is -2.45. The summed E-state index contributed by atoms with van der Waals surface area (Å²) in [7, 11) is 0. The average molecular weight is 1240 g/mol. The van der Waals surface area contributed by atoms with E-state index in [-0.39, 0.29) is 18.5 Å². The Bertz CT molecular complexity index is 1430. The van der Waals surface area contributed by atoms with Crippen molar-refractivity contribution in [3.05, 3.63) is 36.5 Å². The minimum Gasteiger partial charge on any atom is -0.466 e. The fraction of sp³-hybridized carbons (Fsp3) is 0.902. The molecule has 0 bridgehead atoms. The molecule has 2 atom stereocenters. The molecular formula is C82H157NO5. The topological polar surface area (TPSA) is 95.9 Å². The van der Waals surface area contributed by atoms with E-state index >= 15 is 0 Å². The van der Waals surface area contributed by atoms with Gasteiger partial charge in [-0.2, -0.15) is 0 Å². The van der Waals surface area contributed by atoms with Gasteiger partial charge in [0, 0.05) is 12.8 Å². The molecule has 0 rings (SSSR count). The maximum absolute atomic E-state index is 12.6. The van der Waals surface area contributed by atoms with E-state index < -0.39 is 12.1 Å². The quantitative estimate of drug-likeness (QED) is 0.0320. The zero-order chi connectivity index (χ0) is 63.5. The van der Waals surface area contributed by atoms with Crippen molar-refractivity contribution in [3.8, 4) is 0 Å². The van der Waals surface area contributed by atoms with Gasteiger partial charge in [-0.1, -0.05) is 391 Å². The third-order valence-electron chi connectivity index (χ3n) is 18.9. The third kappa shape index (κ3) is 73.1. The molecule has 6 heteroatoms. The minimum atomic E-state index is -0.665. The van der Waals surface area contributed by atoms with Gasteiger partial charge in [0.25, 0.3) is 0 Å². The Kier molecular flexibility index (Phi) is 75.8. The summed E-state index contributed by atoms with van der Waals surface area (Å²) < 4.78 is 5.50. The zero-order valence-electron chi connectivity index (χ0n) is 59.7. The number of hydrogen-bond acceptors (Lipinski definition) is 5. The minimum absolute atomic E-state index is 0.00500. The fourth-order valence-electron chi connectivity index (χ4n) is 12.8. The molecule has 0 aliphatic rings. The van der Waals surface area contributed by atoms with E-state index in [4.69, 9.17) is 4.74 Å². The lowest BCUT2D eigenvalue weighted by Gasteiger charge is -2.22. The fourth-order valence-corrected chi connectivity index (χ4v) is 12.8. The number of rotatable bonds is 76. The molecule has 0 aliphatic heterocycles. The number of esters is 1. The van der Waals surface area contributed by atoms with Gasteiger partial charge in [0.15, 0.2) is 0 Å². The molecule has 3 N–H and O–H groups in total. The number of unbranched alkanes of at least 4 members (excludes halogenated alkanes) is 59. The number of carbonyl (C=O) groups is 2. The van der Waals surface area contributed by atoms with Crippen LogP contribution in [0.4, 0.5) is 0 Å². The van der Waals surface area contributed by atoms with Crippen LogP contribution in [0.2, 0.25) is 0 Å². The van der Waals surface area contributed by atoms with Crippen molar-refractivity contribution in [1.82, 2.24) is 5.32 Å². The number of carbonyl (C=O) groups excluding carboxylic acids is 2. The molecule has 0 aromatic rings. The summed E-state index contributed by atoms with van der Waals surface area (Å²) in [5, 5.41) is 23.5. The van der Waals surface area contributed by atoms with Gasteiger partial charge in [0.1, 0.15) is 0 Å². The van der Waals surface area contributed by atoms with E-state index in [1.165, 1.54) is 366 Å². The summed E-state index contributed by atoms with van der Waals surface area (Å²) in [4.78, 5) is 24.7. The second-order valence-electron chi connectivity index (χ2n) is 27.7. The van der Waals surface area contributed by atoms with Crippen LogP contribution in [0.5, 0.6) is 0 Å². The van der Waals surface area contributed by atoms with E-state index in [9.17, 15) is 19.8 Å². The van der Waals surface area contributed by atoms with Gasteiger partial charge in [-0.05, 0) is 83.5 Å². The molecule has 1 amide bonds. The highest BCUT2D eigenvalue weighted by atomic mass is 16.5. The Hall–Kier alpha value is -1.92. The number of amides is 1. The second kappa shape index (κ2) is 77.5. The molecule has 0 heterocycles. The first-order valence-electron chi connectivity index (χ1n) is 40.2. The van der Waals surface area contributed by atoms with E-state index in [0.717, 1.165) is 51.4 Å². The first kappa shape index (κ1) is 86.1.